The summed E-state index contributed by atoms with van der Waals surface area (Å²) in [6.07, 6.45) is 7.96. The molecule has 2 aliphatic rings. The third-order valence-corrected chi connectivity index (χ3v) is 7.14. The average Bonchev–Trinajstić information content (AvgIpc) is 2.86. The van der Waals surface area contributed by atoms with Crippen molar-refractivity contribution >= 4 is 10.0 Å². The maximum Gasteiger partial charge on any atom is 0.215 e. The van der Waals surface area contributed by atoms with E-state index in [1.807, 2.05) is 13.8 Å². The molecule has 0 aromatic heterocycles. The molecule has 0 bridgehead atoms. The molecule has 1 spiro atoms. The Balaban J connectivity index is 1.78. The predicted octanol–water partition coefficient (Wildman–Crippen LogP) is 1.97. The Kier molecular flexibility index (Phi) is 4.90. The SMILES string of the molecule is CCN(CC)S(=O)(=O)CCN[C@@H]1CCC12CCCC2. The Morgan fingerprint density at radius 2 is 1.79 bits per heavy atom. The first kappa shape index (κ1) is 15.3. The highest BCUT2D eigenvalue weighted by Crippen LogP contribution is 2.53. The van der Waals surface area contributed by atoms with E-state index in [2.05, 4.69) is 5.32 Å². The van der Waals surface area contributed by atoms with E-state index in [1.165, 1.54) is 38.5 Å². The summed E-state index contributed by atoms with van der Waals surface area (Å²) in [5.41, 5.74) is 0.527. The van der Waals surface area contributed by atoms with Crippen LogP contribution >= 0.6 is 0 Å². The van der Waals surface area contributed by atoms with Gasteiger partial charge in [-0.2, -0.15) is 0 Å². The topological polar surface area (TPSA) is 49.4 Å². The van der Waals surface area contributed by atoms with Gasteiger partial charge in [-0.3, -0.25) is 0 Å². The molecule has 0 aliphatic heterocycles. The van der Waals surface area contributed by atoms with E-state index in [-0.39, 0.29) is 5.75 Å². The van der Waals surface area contributed by atoms with Crippen molar-refractivity contribution in [1.82, 2.24) is 9.62 Å². The molecule has 1 N–H and O–H groups in total. The van der Waals surface area contributed by atoms with Gasteiger partial charge in [-0.25, -0.2) is 12.7 Å². The van der Waals surface area contributed by atoms with Crippen LogP contribution in [0.2, 0.25) is 0 Å². The minimum atomic E-state index is -3.07. The van der Waals surface area contributed by atoms with Gasteiger partial charge in [-0.05, 0) is 31.1 Å². The largest absolute Gasteiger partial charge is 0.312 e. The van der Waals surface area contributed by atoms with Crippen LogP contribution in [0, 0.1) is 5.41 Å². The molecular formula is C14H28N2O2S. The highest BCUT2D eigenvalue weighted by atomic mass is 32.2. The summed E-state index contributed by atoms with van der Waals surface area (Å²) in [6, 6.07) is 0.571. The normalized spacial score (nSPS) is 25.9. The Labute approximate surface area is 118 Å². The first-order valence-corrected chi connectivity index (χ1v) is 9.36. The van der Waals surface area contributed by atoms with Gasteiger partial charge in [-0.15, -0.1) is 0 Å². The van der Waals surface area contributed by atoms with Crippen LogP contribution in [0.25, 0.3) is 0 Å². The van der Waals surface area contributed by atoms with Crippen LogP contribution in [0.3, 0.4) is 0 Å². The third-order valence-electron chi connectivity index (χ3n) is 5.12. The highest BCUT2D eigenvalue weighted by Gasteiger charge is 2.47. The standard InChI is InChI=1S/C14H28N2O2S/c1-3-16(4-2)19(17,18)12-11-15-13-7-10-14(13)8-5-6-9-14/h13,15H,3-12H2,1-2H3/t13-/m1/s1. The van der Waals surface area contributed by atoms with Crippen molar-refractivity contribution in [2.24, 2.45) is 5.41 Å². The second kappa shape index (κ2) is 6.10. The van der Waals surface area contributed by atoms with E-state index < -0.39 is 10.0 Å². The molecule has 2 fully saturated rings. The van der Waals surface area contributed by atoms with Gasteiger partial charge in [0.25, 0.3) is 0 Å². The zero-order valence-corrected chi connectivity index (χ0v) is 13.1. The molecule has 2 rings (SSSR count). The molecule has 0 aromatic carbocycles. The van der Waals surface area contributed by atoms with Crippen LogP contribution in [-0.4, -0.2) is 44.2 Å². The second-order valence-corrected chi connectivity index (χ2v) is 8.10. The summed E-state index contributed by atoms with van der Waals surface area (Å²) in [7, 11) is -3.07. The molecule has 5 heteroatoms. The number of hydrogen-bond donors (Lipinski definition) is 1. The van der Waals surface area contributed by atoms with Gasteiger partial charge in [-0.1, -0.05) is 26.7 Å². The molecule has 4 nitrogen and oxygen atoms in total. The fourth-order valence-electron chi connectivity index (χ4n) is 3.80. The summed E-state index contributed by atoms with van der Waals surface area (Å²) in [5, 5.41) is 3.51. The second-order valence-electron chi connectivity index (χ2n) is 6.02. The van der Waals surface area contributed by atoms with Crippen LogP contribution in [0.4, 0.5) is 0 Å². The summed E-state index contributed by atoms with van der Waals surface area (Å²) in [5.74, 6) is 0.237. The molecule has 19 heavy (non-hydrogen) atoms. The summed E-state index contributed by atoms with van der Waals surface area (Å²) in [6.45, 7) is 5.55. The quantitative estimate of drug-likeness (QED) is 0.779. The van der Waals surface area contributed by atoms with Crippen LogP contribution in [0.5, 0.6) is 0 Å². The Hall–Kier alpha value is -0.130. The molecular weight excluding hydrogens is 260 g/mol. The van der Waals surface area contributed by atoms with Crippen molar-refractivity contribution in [2.75, 3.05) is 25.4 Å². The lowest BCUT2D eigenvalue weighted by Gasteiger charge is -2.48. The maximum atomic E-state index is 12.1. The molecule has 0 radical (unpaired) electrons. The monoisotopic (exact) mass is 288 g/mol. The molecule has 0 amide bonds. The molecule has 0 saturated heterocycles. The summed E-state index contributed by atoms with van der Waals surface area (Å²) >= 11 is 0. The van der Waals surface area contributed by atoms with Gasteiger partial charge in [0.05, 0.1) is 5.75 Å². The predicted molar refractivity (Wildman–Crippen MR) is 78.6 cm³/mol. The lowest BCUT2D eigenvalue weighted by molar-refractivity contribution is 0.0746. The fraction of sp³-hybridized carbons (Fsp3) is 1.00. The summed E-state index contributed by atoms with van der Waals surface area (Å²) in [4.78, 5) is 0. The van der Waals surface area contributed by atoms with Crippen molar-refractivity contribution in [2.45, 2.75) is 58.4 Å². The van der Waals surface area contributed by atoms with Crippen molar-refractivity contribution in [1.29, 1.82) is 0 Å². The minimum absolute atomic E-state index is 0.237. The van der Waals surface area contributed by atoms with Crippen LogP contribution in [0.1, 0.15) is 52.4 Å². The van der Waals surface area contributed by atoms with Crippen LogP contribution < -0.4 is 5.32 Å². The Bertz CT molecular complexity index is 384. The third kappa shape index (κ3) is 3.14. The Morgan fingerprint density at radius 1 is 1.16 bits per heavy atom. The lowest BCUT2D eigenvalue weighted by Crippen LogP contribution is -2.53. The van der Waals surface area contributed by atoms with Crippen molar-refractivity contribution in [3.8, 4) is 0 Å². The number of nitrogens with one attached hydrogen (secondary N) is 1. The van der Waals surface area contributed by atoms with E-state index in [4.69, 9.17) is 0 Å². The molecule has 2 aliphatic carbocycles. The van der Waals surface area contributed by atoms with Crippen molar-refractivity contribution in [3.63, 3.8) is 0 Å². The van der Waals surface area contributed by atoms with Gasteiger partial charge < -0.3 is 5.32 Å². The van der Waals surface area contributed by atoms with Crippen molar-refractivity contribution in [3.05, 3.63) is 0 Å². The van der Waals surface area contributed by atoms with Crippen LogP contribution in [0.15, 0.2) is 0 Å². The zero-order valence-electron chi connectivity index (χ0n) is 12.3. The van der Waals surface area contributed by atoms with E-state index in [0.717, 1.165) is 0 Å². The smallest absolute Gasteiger partial charge is 0.215 e. The fourth-order valence-corrected chi connectivity index (χ4v) is 5.22. The molecule has 1 atom stereocenters. The zero-order chi connectivity index (χ0) is 13.9. The van der Waals surface area contributed by atoms with Crippen LogP contribution in [-0.2, 0) is 10.0 Å². The molecule has 0 unspecified atom stereocenters. The van der Waals surface area contributed by atoms with Gasteiger partial charge in [0, 0.05) is 25.7 Å². The molecule has 0 heterocycles. The number of sulfonamides is 1. The molecule has 2 saturated carbocycles. The van der Waals surface area contributed by atoms with Gasteiger partial charge >= 0.3 is 0 Å². The number of nitrogens with zero attached hydrogens (tertiary/aromatic N) is 1. The molecule has 112 valence electrons. The number of hydrogen-bond acceptors (Lipinski definition) is 3. The first-order chi connectivity index (χ1) is 9.04. The highest BCUT2D eigenvalue weighted by molar-refractivity contribution is 7.89. The average molecular weight is 288 g/mol. The summed E-state index contributed by atoms with van der Waals surface area (Å²) < 4.78 is 25.7. The van der Waals surface area contributed by atoms with E-state index in [9.17, 15) is 8.42 Å². The van der Waals surface area contributed by atoms with E-state index >= 15 is 0 Å². The first-order valence-electron chi connectivity index (χ1n) is 7.75. The van der Waals surface area contributed by atoms with Crippen molar-refractivity contribution < 1.29 is 8.42 Å². The van der Waals surface area contributed by atoms with Gasteiger partial charge in [0.2, 0.25) is 10.0 Å². The maximum absolute atomic E-state index is 12.1. The Morgan fingerprint density at radius 3 is 2.26 bits per heavy atom. The van der Waals surface area contributed by atoms with Gasteiger partial charge in [0.1, 0.15) is 0 Å². The van der Waals surface area contributed by atoms with E-state index in [1.54, 1.807) is 4.31 Å². The number of rotatable bonds is 7. The molecule has 0 aromatic rings. The van der Waals surface area contributed by atoms with E-state index in [0.29, 0.717) is 31.1 Å². The lowest BCUT2D eigenvalue weighted by atomic mass is 9.63. The van der Waals surface area contributed by atoms with Gasteiger partial charge in [0.15, 0.2) is 0 Å². The minimum Gasteiger partial charge on any atom is -0.312 e.